The SMILES string of the molecule is COCCN(CC1CCCN1)C(=O)Cc1ccccc1. The van der Waals surface area contributed by atoms with Gasteiger partial charge < -0.3 is 15.0 Å². The van der Waals surface area contributed by atoms with Crippen molar-refractivity contribution >= 4 is 5.91 Å². The van der Waals surface area contributed by atoms with E-state index < -0.39 is 0 Å². The van der Waals surface area contributed by atoms with Crippen LogP contribution in [0, 0.1) is 0 Å². The third-order valence-electron chi connectivity index (χ3n) is 3.72. The number of nitrogens with one attached hydrogen (secondary N) is 1. The molecule has 1 aromatic rings. The zero-order valence-electron chi connectivity index (χ0n) is 12.2. The summed E-state index contributed by atoms with van der Waals surface area (Å²) in [5.74, 6) is 0.182. The van der Waals surface area contributed by atoms with Gasteiger partial charge in [-0.3, -0.25) is 4.79 Å². The minimum absolute atomic E-state index is 0.182. The van der Waals surface area contributed by atoms with Gasteiger partial charge in [-0.1, -0.05) is 30.3 Å². The molecule has 1 saturated heterocycles. The summed E-state index contributed by atoms with van der Waals surface area (Å²) in [6.07, 6.45) is 2.83. The van der Waals surface area contributed by atoms with Crippen molar-refractivity contribution in [1.82, 2.24) is 10.2 Å². The fourth-order valence-electron chi connectivity index (χ4n) is 2.58. The van der Waals surface area contributed by atoms with Gasteiger partial charge in [0.15, 0.2) is 0 Å². The van der Waals surface area contributed by atoms with Crippen molar-refractivity contribution in [2.24, 2.45) is 0 Å². The Kier molecular flexibility index (Phi) is 6.02. The highest BCUT2D eigenvalue weighted by Gasteiger charge is 2.21. The minimum atomic E-state index is 0.182. The molecule has 1 N–H and O–H groups in total. The highest BCUT2D eigenvalue weighted by molar-refractivity contribution is 5.78. The Balaban J connectivity index is 1.91. The molecule has 0 aliphatic carbocycles. The number of nitrogens with zero attached hydrogens (tertiary/aromatic N) is 1. The third-order valence-corrected chi connectivity index (χ3v) is 3.72. The number of hydrogen-bond donors (Lipinski definition) is 1. The Bertz CT molecular complexity index is 402. The molecule has 0 bridgehead atoms. The van der Waals surface area contributed by atoms with Crippen LogP contribution in [0.4, 0.5) is 0 Å². The molecule has 2 rings (SSSR count). The first-order valence-electron chi connectivity index (χ1n) is 7.33. The van der Waals surface area contributed by atoms with E-state index in [2.05, 4.69) is 5.32 Å². The number of hydrogen-bond acceptors (Lipinski definition) is 3. The molecule has 1 aliphatic heterocycles. The van der Waals surface area contributed by atoms with Crippen molar-refractivity contribution in [2.75, 3.05) is 33.4 Å². The van der Waals surface area contributed by atoms with E-state index in [1.54, 1.807) is 7.11 Å². The Hall–Kier alpha value is -1.39. The zero-order valence-corrected chi connectivity index (χ0v) is 12.2. The fraction of sp³-hybridized carbons (Fsp3) is 0.562. The lowest BCUT2D eigenvalue weighted by molar-refractivity contribution is -0.131. The summed E-state index contributed by atoms with van der Waals surface area (Å²) in [4.78, 5) is 14.4. The second kappa shape index (κ2) is 8.02. The molecule has 1 amide bonds. The smallest absolute Gasteiger partial charge is 0.227 e. The van der Waals surface area contributed by atoms with Crippen molar-refractivity contribution < 1.29 is 9.53 Å². The molecule has 20 heavy (non-hydrogen) atoms. The van der Waals surface area contributed by atoms with Crippen LogP contribution in [0.1, 0.15) is 18.4 Å². The second-order valence-electron chi connectivity index (χ2n) is 5.29. The molecule has 1 atom stereocenters. The van der Waals surface area contributed by atoms with E-state index in [1.165, 1.54) is 6.42 Å². The number of rotatable bonds is 7. The zero-order chi connectivity index (χ0) is 14.2. The van der Waals surface area contributed by atoms with Gasteiger partial charge >= 0.3 is 0 Å². The average molecular weight is 276 g/mol. The summed E-state index contributed by atoms with van der Waals surface area (Å²) < 4.78 is 5.12. The molecule has 0 saturated carbocycles. The van der Waals surface area contributed by atoms with Gasteiger partial charge in [0, 0.05) is 26.2 Å². The van der Waals surface area contributed by atoms with Crippen molar-refractivity contribution in [2.45, 2.75) is 25.3 Å². The van der Waals surface area contributed by atoms with E-state index in [0.29, 0.717) is 25.6 Å². The maximum absolute atomic E-state index is 12.4. The van der Waals surface area contributed by atoms with Crippen LogP contribution in [0.3, 0.4) is 0 Å². The summed E-state index contributed by atoms with van der Waals surface area (Å²) in [6, 6.07) is 10.4. The monoisotopic (exact) mass is 276 g/mol. The van der Waals surface area contributed by atoms with Crippen LogP contribution in [0.5, 0.6) is 0 Å². The van der Waals surface area contributed by atoms with Crippen LogP contribution in [-0.4, -0.2) is 50.2 Å². The normalized spacial score (nSPS) is 18.1. The molecule has 1 aromatic carbocycles. The molecule has 0 radical (unpaired) electrons. The lowest BCUT2D eigenvalue weighted by atomic mass is 10.1. The molecule has 4 heteroatoms. The predicted octanol–water partition coefficient (Wildman–Crippen LogP) is 1.46. The highest BCUT2D eigenvalue weighted by atomic mass is 16.5. The Morgan fingerprint density at radius 2 is 2.20 bits per heavy atom. The Morgan fingerprint density at radius 1 is 1.40 bits per heavy atom. The number of ether oxygens (including phenoxy) is 1. The quantitative estimate of drug-likeness (QED) is 0.819. The van der Waals surface area contributed by atoms with Crippen molar-refractivity contribution in [3.8, 4) is 0 Å². The summed E-state index contributed by atoms with van der Waals surface area (Å²) in [5.41, 5.74) is 1.07. The van der Waals surface area contributed by atoms with Gasteiger partial charge in [0.25, 0.3) is 0 Å². The molecule has 1 heterocycles. The fourth-order valence-corrected chi connectivity index (χ4v) is 2.58. The number of carbonyl (C=O) groups is 1. The van der Waals surface area contributed by atoms with Crippen LogP contribution >= 0.6 is 0 Å². The van der Waals surface area contributed by atoms with E-state index in [4.69, 9.17) is 4.74 Å². The molecule has 0 aromatic heterocycles. The molecule has 4 nitrogen and oxygen atoms in total. The standard InChI is InChI=1S/C16H24N2O2/c1-20-11-10-18(13-15-8-5-9-17-15)16(19)12-14-6-3-2-4-7-14/h2-4,6-7,15,17H,5,8-13H2,1H3. The van der Waals surface area contributed by atoms with Crippen LogP contribution in [0.2, 0.25) is 0 Å². The van der Waals surface area contributed by atoms with Crippen molar-refractivity contribution in [3.63, 3.8) is 0 Å². The summed E-state index contributed by atoms with van der Waals surface area (Å²) in [7, 11) is 1.67. The van der Waals surface area contributed by atoms with Crippen molar-refractivity contribution in [1.29, 1.82) is 0 Å². The predicted molar refractivity (Wildman–Crippen MR) is 79.6 cm³/mol. The van der Waals surface area contributed by atoms with Crippen LogP contribution in [0.15, 0.2) is 30.3 Å². The third kappa shape index (κ3) is 4.62. The number of methoxy groups -OCH3 is 1. The first-order chi connectivity index (χ1) is 9.79. The largest absolute Gasteiger partial charge is 0.383 e. The first-order valence-corrected chi connectivity index (χ1v) is 7.33. The topological polar surface area (TPSA) is 41.6 Å². The number of carbonyl (C=O) groups excluding carboxylic acids is 1. The van der Waals surface area contributed by atoms with Crippen LogP contribution in [0.25, 0.3) is 0 Å². The second-order valence-corrected chi connectivity index (χ2v) is 5.29. The number of benzene rings is 1. The van der Waals surface area contributed by atoms with Gasteiger partial charge in [0.2, 0.25) is 5.91 Å². The summed E-state index contributed by atoms with van der Waals surface area (Å²) >= 11 is 0. The maximum atomic E-state index is 12.4. The maximum Gasteiger partial charge on any atom is 0.227 e. The van der Waals surface area contributed by atoms with Gasteiger partial charge in [-0.05, 0) is 24.9 Å². The lowest BCUT2D eigenvalue weighted by Gasteiger charge is -2.26. The first kappa shape index (κ1) is 15.0. The molecular weight excluding hydrogens is 252 g/mol. The van der Waals surface area contributed by atoms with Gasteiger partial charge in [-0.15, -0.1) is 0 Å². The summed E-state index contributed by atoms with van der Waals surface area (Å²) in [6.45, 7) is 3.11. The molecule has 1 fully saturated rings. The minimum Gasteiger partial charge on any atom is -0.383 e. The van der Waals surface area contributed by atoms with E-state index in [9.17, 15) is 4.79 Å². The Morgan fingerprint density at radius 3 is 2.85 bits per heavy atom. The molecule has 1 aliphatic rings. The Labute approximate surface area is 121 Å². The van der Waals surface area contributed by atoms with E-state index >= 15 is 0 Å². The number of amides is 1. The van der Waals surface area contributed by atoms with Crippen molar-refractivity contribution in [3.05, 3.63) is 35.9 Å². The van der Waals surface area contributed by atoms with Crippen LogP contribution in [-0.2, 0) is 16.0 Å². The van der Waals surface area contributed by atoms with Gasteiger partial charge in [-0.25, -0.2) is 0 Å². The van der Waals surface area contributed by atoms with E-state index in [0.717, 1.165) is 25.1 Å². The van der Waals surface area contributed by atoms with Gasteiger partial charge in [0.1, 0.15) is 0 Å². The van der Waals surface area contributed by atoms with Gasteiger partial charge in [0.05, 0.1) is 13.0 Å². The van der Waals surface area contributed by atoms with Gasteiger partial charge in [-0.2, -0.15) is 0 Å². The average Bonchev–Trinajstić information content (AvgIpc) is 2.97. The molecule has 0 spiro atoms. The highest BCUT2D eigenvalue weighted by Crippen LogP contribution is 2.09. The van der Waals surface area contributed by atoms with Crippen LogP contribution < -0.4 is 5.32 Å². The molecule has 110 valence electrons. The molecular formula is C16H24N2O2. The molecule has 1 unspecified atom stereocenters. The lowest BCUT2D eigenvalue weighted by Crippen LogP contribution is -2.43. The van der Waals surface area contributed by atoms with E-state index in [-0.39, 0.29) is 5.91 Å². The summed E-state index contributed by atoms with van der Waals surface area (Å²) in [5, 5.41) is 3.45. The van der Waals surface area contributed by atoms with E-state index in [1.807, 2.05) is 35.2 Å².